The number of rotatable bonds is 3. The second kappa shape index (κ2) is 5.07. The molecular formula is C12H13N3S. The number of aromatic nitrogens is 3. The van der Waals surface area contributed by atoms with Gasteiger partial charge in [0.25, 0.3) is 0 Å². The number of hydrogen-bond acceptors (Lipinski definition) is 4. The Bertz CT molecular complexity index is 451. The minimum Gasteiger partial charge on any atom is -0.260 e. The normalized spacial score (nSPS) is 10.4. The topological polar surface area (TPSA) is 38.7 Å². The van der Waals surface area contributed by atoms with Crippen molar-refractivity contribution in [2.24, 2.45) is 0 Å². The summed E-state index contributed by atoms with van der Waals surface area (Å²) >= 11 is 1.62. The first-order chi connectivity index (χ1) is 7.74. The predicted octanol–water partition coefficient (Wildman–Crippen LogP) is 2.78. The zero-order chi connectivity index (χ0) is 11.4. The molecule has 0 aliphatic rings. The molecule has 0 amide bonds. The molecule has 0 saturated carbocycles. The highest BCUT2D eigenvalue weighted by Gasteiger charge is 2.01. The van der Waals surface area contributed by atoms with Crippen molar-refractivity contribution in [3.05, 3.63) is 47.5 Å². The maximum atomic E-state index is 4.37. The zero-order valence-corrected chi connectivity index (χ0v) is 10.2. The third kappa shape index (κ3) is 3.03. The van der Waals surface area contributed by atoms with Crippen molar-refractivity contribution in [2.45, 2.75) is 24.8 Å². The molecule has 2 heterocycles. The molecule has 82 valence electrons. The summed E-state index contributed by atoms with van der Waals surface area (Å²) in [5, 5.41) is 0.822. The van der Waals surface area contributed by atoms with Gasteiger partial charge in [0.05, 0.1) is 5.69 Å². The molecular weight excluding hydrogens is 218 g/mol. The molecule has 0 spiro atoms. The highest BCUT2D eigenvalue weighted by molar-refractivity contribution is 7.98. The van der Waals surface area contributed by atoms with Crippen LogP contribution in [0.4, 0.5) is 0 Å². The van der Waals surface area contributed by atoms with Crippen molar-refractivity contribution in [1.82, 2.24) is 15.0 Å². The smallest absolute Gasteiger partial charge is 0.188 e. The third-order valence-electron chi connectivity index (χ3n) is 2.04. The van der Waals surface area contributed by atoms with E-state index in [-0.39, 0.29) is 0 Å². The van der Waals surface area contributed by atoms with Gasteiger partial charge in [0.1, 0.15) is 0 Å². The number of nitrogens with zero attached hydrogens (tertiary/aromatic N) is 3. The molecule has 16 heavy (non-hydrogen) atoms. The Morgan fingerprint density at radius 1 is 1.12 bits per heavy atom. The van der Waals surface area contributed by atoms with Crippen LogP contribution in [-0.2, 0) is 5.75 Å². The van der Waals surface area contributed by atoms with Crippen LogP contribution in [0.3, 0.4) is 0 Å². The lowest BCUT2D eigenvalue weighted by Crippen LogP contribution is -1.93. The molecule has 0 atom stereocenters. The first-order valence-corrected chi connectivity index (χ1v) is 6.07. The van der Waals surface area contributed by atoms with Crippen molar-refractivity contribution in [3.8, 4) is 0 Å². The predicted molar refractivity (Wildman–Crippen MR) is 65.3 cm³/mol. The summed E-state index contributed by atoms with van der Waals surface area (Å²) in [5.74, 6) is 0.809. The Hall–Kier alpha value is -1.42. The standard InChI is InChI=1S/C12H13N3S/c1-9-7-10(2)15-12(14-9)16-8-11-5-3-4-6-13-11/h3-7H,8H2,1-2H3. The fraction of sp³-hybridized carbons (Fsp3) is 0.250. The Morgan fingerprint density at radius 3 is 2.50 bits per heavy atom. The summed E-state index contributed by atoms with van der Waals surface area (Å²) in [6.45, 7) is 3.97. The van der Waals surface area contributed by atoms with E-state index in [1.54, 1.807) is 18.0 Å². The molecule has 2 aromatic rings. The second-order valence-corrected chi connectivity index (χ2v) is 4.49. The van der Waals surface area contributed by atoms with E-state index >= 15 is 0 Å². The fourth-order valence-electron chi connectivity index (χ4n) is 1.38. The maximum absolute atomic E-state index is 4.37. The Labute approximate surface area is 99.4 Å². The lowest BCUT2D eigenvalue weighted by molar-refractivity contribution is 0.901. The molecule has 0 aromatic carbocycles. The summed E-state index contributed by atoms with van der Waals surface area (Å²) in [6.07, 6.45) is 1.80. The van der Waals surface area contributed by atoms with Gasteiger partial charge in [0, 0.05) is 23.3 Å². The van der Waals surface area contributed by atoms with Gasteiger partial charge < -0.3 is 0 Å². The van der Waals surface area contributed by atoms with Crippen molar-refractivity contribution >= 4 is 11.8 Å². The van der Waals surface area contributed by atoms with Gasteiger partial charge in [0.2, 0.25) is 0 Å². The van der Waals surface area contributed by atoms with Gasteiger partial charge in [-0.15, -0.1) is 0 Å². The van der Waals surface area contributed by atoms with E-state index in [4.69, 9.17) is 0 Å². The van der Waals surface area contributed by atoms with Crippen molar-refractivity contribution in [2.75, 3.05) is 0 Å². The molecule has 0 saturated heterocycles. The van der Waals surface area contributed by atoms with Crippen LogP contribution in [0.1, 0.15) is 17.1 Å². The van der Waals surface area contributed by atoms with Crippen LogP contribution in [0.2, 0.25) is 0 Å². The second-order valence-electron chi connectivity index (χ2n) is 3.54. The van der Waals surface area contributed by atoms with Gasteiger partial charge in [-0.3, -0.25) is 4.98 Å². The third-order valence-corrected chi connectivity index (χ3v) is 2.92. The van der Waals surface area contributed by atoms with E-state index in [1.165, 1.54) is 0 Å². The molecule has 3 nitrogen and oxygen atoms in total. The number of thioether (sulfide) groups is 1. The van der Waals surface area contributed by atoms with Crippen LogP contribution >= 0.6 is 11.8 Å². The van der Waals surface area contributed by atoms with Gasteiger partial charge in [-0.2, -0.15) is 0 Å². The molecule has 0 N–H and O–H groups in total. The average molecular weight is 231 g/mol. The molecule has 0 aliphatic heterocycles. The number of aryl methyl sites for hydroxylation is 2. The van der Waals surface area contributed by atoms with Crippen molar-refractivity contribution in [1.29, 1.82) is 0 Å². The van der Waals surface area contributed by atoms with Crippen LogP contribution in [0.15, 0.2) is 35.6 Å². The first-order valence-electron chi connectivity index (χ1n) is 5.09. The van der Waals surface area contributed by atoms with Crippen LogP contribution in [-0.4, -0.2) is 15.0 Å². The highest BCUT2D eigenvalue weighted by atomic mass is 32.2. The molecule has 0 aliphatic carbocycles. The Kier molecular flexibility index (Phi) is 3.51. The molecule has 4 heteroatoms. The van der Waals surface area contributed by atoms with Crippen LogP contribution < -0.4 is 0 Å². The highest BCUT2D eigenvalue weighted by Crippen LogP contribution is 2.18. The Balaban J connectivity index is 2.05. The largest absolute Gasteiger partial charge is 0.260 e. The van der Waals surface area contributed by atoms with Gasteiger partial charge in [-0.05, 0) is 32.0 Å². The minimum atomic E-state index is 0.809. The van der Waals surface area contributed by atoms with E-state index in [1.807, 2.05) is 38.1 Å². The summed E-state index contributed by atoms with van der Waals surface area (Å²) in [5.41, 5.74) is 3.07. The van der Waals surface area contributed by atoms with Crippen LogP contribution in [0.5, 0.6) is 0 Å². The SMILES string of the molecule is Cc1cc(C)nc(SCc2ccccn2)n1. The molecule has 0 radical (unpaired) electrons. The first kappa shape index (κ1) is 11.1. The van der Waals surface area contributed by atoms with Gasteiger partial charge in [-0.1, -0.05) is 17.8 Å². The molecule has 0 fully saturated rings. The minimum absolute atomic E-state index is 0.809. The van der Waals surface area contributed by atoms with E-state index < -0.39 is 0 Å². The summed E-state index contributed by atoms with van der Waals surface area (Å²) in [6, 6.07) is 7.90. The summed E-state index contributed by atoms with van der Waals surface area (Å²) < 4.78 is 0. The lowest BCUT2D eigenvalue weighted by Gasteiger charge is -2.02. The van der Waals surface area contributed by atoms with Crippen molar-refractivity contribution in [3.63, 3.8) is 0 Å². The average Bonchev–Trinajstić information content (AvgIpc) is 2.27. The molecule has 2 rings (SSSR count). The van der Waals surface area contributed by atoms with Crippen LogP contribution in [0.25, 0.3) is 0 Å². The van der Waals surface area contributed by atoms with E-state index in [0.717, 1.165) is 28.0 Å². The Morgan fingerprint density at radius 2 is 1.88 bits per heavy atom. The van der Waals surface area contributed by atoms with Crippen LogP contribution in [0, 0.1) is 13.8 Å². The fourth-order valence-corrected chi connectivity index (χ4v) is 2.24. The van der Waals surface area contributed by atoms with E-state index in [2.05, 4.69) is 15.0 Å². The maximum Gasteiger partial charge on any atom is 0.188 e. The van der Waals surface area contributed by atoms with Gasteiger partial charge >= 0.3 is 0 Å². The zero-order valence-electron chi connectivity index (χ0n) is 9.34. The van der Waals surface area contributed by atoms with E-state index in [9.17, 15) is 0 Å². The summed E-state index contributed by atoms with van der Waals surface area (Å²) in [7, 11) is 0. The molecule has 2 aromatic heterocycles. The number of hydrogen-bond donors (Lipinski definition) is 0. The monoisotopic (exact) mass is 231 g/mol. The van der Waals surface area contributed by atoms with Gasteiger partial charge in [-0.25, -0.2) is 9.97 Å². The molecule has 0 unspecified atom stereocenters. The van der Waals surface area contributed by atoms with Gasteiger partial charge in [0.15, 0.2) is 5.16 Å². The lowest BCUT2D eigenvalue weighted by atomic mass is 10.4. The van der Waals surface area contributed by atoms with Crippen molar-refractivity contribution < 1.29 is 0 Å². The quantitative estimate of drug-likeness (QED) is 0.601. The van der Waals surface area contributed by atoms with E-state index in [0.29, 0.717) is 0 Å². The molecule has 0 bridgehead atoms. The summed E-state index contributed by atoms with van der Waals surface area (Å²) in [4.78, 5) is 13.0. The number of pyridine rings is 1.